The molecule has 3 saturated heterocycles. The second kappa shape index (κ2) is 17.9. The van der Waals surface area contributed by atoms with E-state index in [0.29, 0.717) is 92.2 Å². The number of hydrogen-bond acceptors (Lipinski definition) is 13. The van der Waals surface area contributed by atoms with Crippen LogP contribution in [0, 0.1) is 11.7 Å². The van der Waals surface area contributed by atoms with Crippen LogP contribution < -0.4 is 36.4 Å². The highest BCUT2D eigenvalue weighted by Gasteiger charge is 2.51. The summed E-state index contributed by atoms with van der Waals surface area (Å²) in [7, 11) is 3.29. The van der Waals surface area contributed by atoms with Crippen LogP contribution in [0.4, 0.5) is 27.3 Å². The van der Waals surface area contributed by atoms with Crippen molar-refractivity contribution in [2.75, 3.05) is 73.5 Å². The highest BCUT2D eigenvalue weighted by Crippen LogP contribution is 2.43. The van der Waals surface area contributed by atoms with Gasteiger partial charge in [0.05, 0.1) is 31.1 Å². The van der Waals surface area contributed by atoms with Crippen molar-refractivity contribution in [1.82, 2.24) is 25.5 Å². The third kappa shape index (κ3) is 8.38. The zero-order valence-electron chi connectivity index (χ0n) is 36.1. The van der Waals surface area contributed by atoms with Gasteiger partial charge in [-0.2, -0.15) is 0 Å². The fourth-order valence-corrected chi connectivity index (χ4v) is 10.4. The van der Waals surface area contributed by atoms with Crippen molar-refractivity contribution in [2.45, 2.75) is 113 Å². The SMILES string of the molecule is CCC1C(=O)N(C)c2cnc(C3C(OC)=CC=CC3(N)C(=O)NC3(CO)CCN(CC4CCN(c5ccc(NC6CCC(=O)NC6=O)cc5F)CC4)CC3)nc2N1C1CCCC1. The van der Waals surface area contributed by atoms with Crippen molar-refractivity contribution >= 4 is 46.5 Å². The van der Waals surface area contributed by atoms with Crippen molar-refractivity contribution in [1.29, 1.82) is 0 Å². The number of fused-ring (bicyclic) bond motifs is 1. The minimum atomic E-state index is -1.65. The van der Waals surface area contributed by atoms with Crippen LogP contribution in [0.15, 0.2) is 48.4 Å². The summed E-state index contributed by atoms with van der Waals surface area (Å²) in [5.74, 6) is -0.556. The Kier molecular flexibility index (Phi) is 12.6. The Bertz CT molecular complexity index is 2100. The molecule has 16 nitrogen and oxygen atoms in total. The van der Waals surface area contributed by atoms with Crippen LogP contribution in [0.25, 0.3) is 0 Å². The van der Waals surface area contributed by atoms with Crippen LogP contribution in [-0.4, -0.2) is 126 Å². The van der Waals surface area contributed by atoms with Gasteiger partial charge in [0.2, 0.25) is 23.6 Å². The molecule has 1 aromatic heterocycles. The predicted molar refractivity (Wildman–Crippen MR) is 233 cm³/mol. The van der Waals surface area contributed by atoms with E-state index in [1.54, 1.807) is 48.5 Å². The number of likely N-dealkylation sites (tertiary alicyclic amines) is 1. The van der Waals surface area contributed by atoms with Crippen molar-refractivity contribution < 1.29 is 33.4 Å². The number of benzene rings is 1. The van der Waals surface area contributed by atoms with Gasteiger partial charge < -0.3 is 45.8 Å². The molecule has 2 aliphatic carbocycles. The van der Waals surface area contributed by atoms with Crippen molar-refractivity contribution in [2.24, 2.45) is 11.7 Å². The van der Waals surface area contributed by atoms with Gasteiger partial charge in [0.1, 0.15) is 46.6 Å². The number of piperidine rings is 3. The number of methoxy groups -OCH3 is 1. The lowest BCUT2D eigenvalue weighted by Crippen LogP contribution is -2.66. The van der Waals surface area contributed by atoms with Crippen molar-refractivity contribution in [3.63, 3.8) is 0 Å². The molecule has 1 aromatic carbocycles. The Labute approximate surface area is 362 Å². The summed E-state index contributed by atoms with van der Waals surface area (Å²) in [6.07, 6.45) is 15.0. The quantitative estimate of drug-likeness (QED) is 0.196. The summed E-state index contributed by atoms with van der Waals surface area (Å²) in [6, 6.07) is 4.16. The topological polar surface area (TPSA) is 199 Å². The smallest absolute Gasteiger partial charge is 0.249 e. The standard InChI is InChI=1S/C45H61FN10O6/c1-4-33-42(60)53(2)35-25-48-39(51-40(35)56(33)30-8-5-6-9-30)38-36(62-3)10-7-17-45(38,47)43(61)52-44(27-57)18-22-54(23-19-44)26-28-15-20-55(21-16-28)34-13-11-29(24-31(34)46)49-32-12-14-37(58)50-41(32)59/h7,10-11,13,17,24-25,28,30,32-33,38,49,57H,4-6,8-9,12,14-16,18-23,26-27,47H2,1-3H3,(H,52,61)(H,50,58,59). The summed E-state index contributed by atoms with van der Waals surface area (Å²) >= 11 is 0. The molecule has 4 fully saturated rings. The molecule has 0 bridgehead atoms. The van der Waals surface area contributed by atoms with Gasteiger partial charge in [-0.05, 0) is 81.6 Å². The zero-order chi connectivity index (χ0) is 43.8. The predicted octanol–water partition coefficient (Wildman–Crippen LogP) is 3.08. The first-order chi connectivity index (χ1) is 29.9. The number of amides is 4. The van der Waals surface area contributed by atoms with Gasteiger partial charge in [0.25, 0.3) is 0 Å². The van der Waals surface area contributed by atoms with Gasteiger partial charge in [-0.3, -0.25) is 24.5 Å². The maximum Gasteiger partial charge on any atom is 0.249 e. The number of rotatable bonds is 12. The molecule has 0 radical (unpaired) electrons. The molecular formula is C45H61FN10O6. The summed E-state index contributed by atoms with van der Waals surface area (Å²) in [6.45, 7) is 5.39. The van der Waals surface area contributed by atoms with Crippen LogP contribution in [0.2, 0.25) is 0 Å². The van der Waals surface area contributed by atoms with E-state index in [2.05, 4.69) is 30.7 Å². The van der Waals surface area contributed by atoms with E-state index in [-0.39, 0.29) is 42.7 Å². The summed E-state index contributed by atoms with van der Waals surface area (Å²) in [4.78, 5) is 69.9. The van der Waals surface area contributed by atoms with Crippen LogP contribution in [0.3, 0.4) is 0 Å². The summed E-state index contributed by atoms with van der Waals surface area (Å²) in [5.41, 5.74) is 6.26. The summed E-state index contributed by atoms with van der Waals surface area (Å²) in [5, 5.41) is 19.4. The molecule has 6 N–H and O–H groups in total. The average Bonchev–Trinajstić information content (AvgIpc) is 3.81. The van der Waals surface area contributed by atoms with Gasteiger partial charge in [-0.25, -0.2) is 14.4 Å². The number of aromatic nitrogens is 2. The molecular weight excluding hydrogens is 796 g/mol. The first-order valence-corrected chi connectivity index (χ1v) is 22.3. The number of hydrogen-bond donors (Lipinski definition) is 5. The number of nitrogens with zero attached hydrogens (tertiary/aromatic N) is 6. The molecule has 8 rings (SSSR count). The average molecular weight is 857 g/mol. The minimum absolute atomic E-state index is 0.0126. The molecule has 2 aromatic rings. The Morgan fingerprint density at radius 1 is 1.06 bits per heavy atom. The maximum atomic E-state index is 15.3. The number of carbonyl (C=O) groups excluding carboxylic acids is 4. The summed E-state index contributed by atoms with van der Waals surface area (Å²) < 4.78 is 21.2. The van der Waals surface area contributed by atoms with Gasteiger partial charge in [0, 0.05) is 57.9 Å². The fourth-order valence-electron chi connectivity index (χ4n) is 10.4. The van der Waals surface area contributed by atoms with Crippen LogP contribution in [0.5, 0.6) is 0 Å². The molecule has 62 heavy (non-hydrogen) atoms. The number of nitrogens with two attached hydrogens (primary N) is 1. The molecule has 1 saturated carbocycles. The molecule has 6 aliphatic rings. The third-order valence-electron chi connectivity index (χ3n) is 14.2. The molecule has 4 atom stereocenters. The van der Waals surface area contributed by atoms with E-state index >= 15 is 4.39 Å². The lowest BCUT2D eigenvalue weighted by Gasteiger charge is -2.45. The molecule has 334 valence electrons. The highest BCUT2D eigenvalue weighted by molar-refractivity contribution is 6.04. The number of allylic oxidation sites excluding steroid dienone is 2. The monoisotopic (exact) mass is 856 g/mol. The number of aliphatic hydroxyl groups is 1. The first-order valence-electron chi connectivity index (χ1n) is 22.3. The lowest BCUT2D eigenvalue weighted by molar-refractivity contribution is -0.133. The van der Waals surface area contributed by atoms with E-state index in [0.717, 1.165) is 45.1 Å². The lowest BCUT2D eigenvalue weighted by atomic mass is 9.77. The Morgan fingerprint density at radius 3 is 2.47 bits per heavy atom. The molecule has 17 heteroatoms. The van der Waals surface area contributed by atoms with E-state index < -0.39 is 34.9 Å². The number of aliphatic hydroxyl groups excluding tert-OH is 1. The number of carbonyl (C=O) groups is 4. The number of ether oxygens (including phenoxy) is 1. The largest absolute Gasteiger partial charge is 0.500 e. The maximum absolute atomic E-state index is 15.3. The van der Waals surface area contributed by atoms with E-state index in [4.69, 9.17) is 20.4 Å². The molecule has 4 amide bonds. The van der Waals surface area contributed by atoms with E-state index in [9.17, 15) is 24.3 Å². The number of nitrogens with one attached hydrogen (secondary N) is 3. The van der Waals surface area contributed by atoms with Gasteiger partial charge >= 0.3 is 0 Å². The zero-order valence-corrected chi connectivity index (χ0v) is 36.1. The van der Waals surface area contributed by atoms with Crippen LogP contribution >= 0.6 is 0 Å². The third-order valence-corrected chi connectivity index (χ3v) is 14.2. The van der Waals surface area contributed by atoms with E-state index in [1.165, 1.54) is 13.2 Å². The van der Waals surface area contributed by atoms with Crippen molar-refractivity contribution in [3.05, 3.63) is 60.0 Å². The van der Waals surface area contributed by atoms with Gasteiger partial charge in [-0.15, -0.1) is 0 Å². The number of anilines is 4. The van der Waals surface area contributed by atoms with Crippen LogP contribution in [-0.2, 0) is 23.9 Å². The Balaban J connectivity index is 0.896. The highest BCUT2D eigenvalue weighted by atomic mass is 19.1. The van der Waals surface area contributed by atoms with Gasteiger partial charge in [-0.1, -0.05) is 31.9 Å². The van der Waals surface area contributed by atoms with Crippen LogP contribution in [0.1, 0.15) is 89.3 Å². The normalized spacial score (nSPS) is 27.2. The molecule has 4 aliphatic heterocycles. The molecule has 5 heterocycles. The number of halogens is 1. The number of imide groups is 1. The fraction of sp³-hybridized carbons (Fsp3) is 0.600. The van der Waals surface area contributed by atoms with Gasteiger partial charge in [0.15, 0.2) is 5.82 Å². The second-order valence-corrected chi connectivity index (χ2v) is 18.0. The molecule has 0 spiro atoms. The second-order valence-electron chi connectivity index (χ2n) is 18.0. The Morgan fingerprint density at radius 2 is 1.81 bits per heavy atom. The Hall–Kier alpha value is -5.13. The van der Waals surface area contributed by atoms with E-state index in [1.807, 2.05) is 6.92 Å². The first kappa shape index (κ1) is 43.5. The minimum Gasteiger partial charge on any atom is -0.500 e. The van der Waals surface area contributed by atoms with Crippen molar-refractivity contribution in [3.8, 4) is 0 Å². The molecule has 4 unspecified atom stereocenters. The number of likely N-dealkylation sites (N-methyl/N-ethyl adjacent to an activating group) is 1.